The highest BCUT2D eigenvalue weighted by molar-refractivity contribution is 6.81. The lowest BCUT2D eigenvalue weighted by atomic mass is 9.85. The molecule has 0 atom stereocenters. The van der Waals surface area contributed by atoms with Crippen molar-refractivity contribution in [2.45, 2.75) is 96.8 Å². The summed E-state index contributed by atoms with van der Waals surface area (Å²) in [6.07, 6.45) is 1.85. The number of fused-ring (bicyclic) bond motifs is 3. The molecule has 0 N–H and O–H groups in total. The Balaban J connectivity index is 1.96. The number of ether oxygens (including phenoxy) is 1. The minimum atomic E-state index is -1.92. The maximum atomic E-state index is 6.29. The number of hydrogen-bond donors (Lipinski definition) is 0. The molecule has 3 aromatic rings. The highest BCUT2D eigenvalue weighted by Gasteiger charge is 2.46. The lowest BCUT2D eigenvalue weighted by Gasteiger charge is -2.38. The minimum Gasteiger partial charge on any atom is -0.489 e. The molecule has 0 unspecified atom stereocenters. The van der Waals surface area contributed by atoms with Crippen LogP contribution in [0.15, 0.2) is 67.3 Å². The van der Waals surface area contributed by atoms with Crippen LogP contribution in [0, 0.1) is 6.92 Å². The smallest absolute Gasteiger partial charge is 0.125 e. The first kappa shape index (κ1) is 28.4. The van der Waals surface area contributed by atoms with Crippen LogP contribution in [0.3, 0.4) is 0 Å². The Kier molecular flexibility index (Phi) is 7.88. The van der Waals surface area contributed by atoms with Crippen LogP contribution in [0.25, 0.3) is 11.1 Å². The molecule has 2 heteroatoms. The van der Waals surface area contributed by atoms with Gasteiger partial charge in [-0.2, -0.15) is 0 Å². The monoisotopic (exact) mass is 524 g/mol. The Morgan fingerprint density at radius 1 is 0.816 bits per heavy atom. The zero-order chi connectivity index (χ0) is 27.9. The van der Waals surface area contributed by atoms with Crippen molar-refractivity contribution in [3.63, 3.8) is 0 Å². The van der Waals surface area contributed by atoms with Crippen molar-refractivity contribution < 1.29 is 4.74 Å². The molecule has 0 heterocycles. The molecule has 202 valence electrons. The second-order valence-electron chi connectivity index (χ2n) is 13.4. The van der Waals surface area contributed by atoms with Crippen molar-refractivity contribution in [2.75, 3.05) is 6.61 Å². The molecular weight excluding hydrogens is 476 g/mol. The van der Waals surface area contributed by atoms with Gasteiger partial charge in [-0.05, 0) is 68.3 Å². The Hall–Kier alpha value is -2.58. The van der Waals surface area contributed by atoms with Crippen molar-refractivity contribution in [2.24, 2.45) is 0 Å². The summed E-state index contributed by atoms with van der Waals surface area (Å²) in [5.41, 5.74) is 12.2. The summed E-state index contributed by atoms with van der Waals surface area (Å²) < 4.78 is 6.29. The van der Waals surface area contributed by atoms with E-state index in [1.165, 1.54) is 45.5 Å². The molecule has 4 rings (SSSR count). The minimum absolute atomic E-state index is 0.121. The van der Waals surface area contributed by atoms with E-state index in [9.17, 15) is 0 Å². The fourth-order valence-electron chi connectivity index (χ4n) is 6.44. The van der Waals surface area contributed by atoms with E-state index in [0.717, 1.165) is 11.8 Å². The Labute approximate surface area is 233 Å². The second kappa shape index (κ2) is 10.5. The van der Waals surface area contributed by atoms with E-state index in [2.05, 4.69) is 123 Å². The van der Waals surface area contributed by atoms with Gasteiger partial charge < -0.3 is 4.74 Å². The summed E-state index contributed by atoms with van der Waals surface area (Å²) in [5, 5.41) is 0. The van der Waals surface area contributed by atoms with E-state index < -0.39 is 8.07 Å². The van der Waals surface area contributed by atoms with Crippen molar-refractivity contribution in [1.82, 2.24) is 0 Å². The molecule has 1 aliphatic rings. The van der Waals surface area contributed by atoms with Crippen molar-refractivity contribution in [1.29, 1.82) is 0 Å². The molecule has 0 bridgehead atoms. The number of aryl methyl sites for hydroxylation is 1. The van der Waals surface area contributed by atoms with Gasteiger partial charge >= 0.3 is 0 Å². The third-order valence-electron chi connectivity index (χ3n) is 8.95. The van der Waals surface area contributed by atoms with Gasteiger partial charge in [0.15, 0.2) is 0 Å². The van der Waals surface area contributed by atoms with Crippen LogP contribution in [0.5, 0.6) is 5.75 Å². The lowest BCUT2D eigenvalue weighted by molar-refractivity contribution is 0.357. The number of benzene rings is 3. The number of para-hydroxylation sites is 1. The van der Waals surface area contributed by atoms with Crippen LogP contribution in [-0.2, 0) is 16.9 Å². The molecule has 38 heavy (non-hydrogen) atoms. The van der Waals surface area contributed by atoms with E-state index in [-0.39, 0.29) is 10.8 Å². The number of hydrogen-bond acceptors (Lipinski definition) is 1. The Morgan fingerprint density at radius 3 is 1.79 bits per heavy atom. The fraction of sp³-hybridized carbons (Fsp3) is 0.444. The van der Waals surface area contributed by atoms with E-state index in [0.29, 0.717) is 12.1 Å². The summed E-state index contributed by atoms with van der Waals surface area (Å²) >= 11 is 0. The van der Waals surface area contributed by atoms with Gasteiger partial charge in [0, 0.05) is 5.54 Å². The molecule has 0 saturated heterocycles. The average Bonchev–Trinajstić information content (AvgIpc) is 3.19. The largest absolute Gasteiger partial charge is 0.489 e. The summed E-state index contributed by atoms with van der Waals surface area (Å²) in [5.74, 6) is 1.07. The van der Waals surface area contributed by atoms with Crippen LogP contribution in [-0.4, -0.2) is 14.7 Å². The molecule has 0 radical (unpaired) electrons. The average molecular weight is 525 g/mol. The highest BCUT2D eigenvalue weighted by Crippen LogP contribution is 2.53. The third-order valence-corrected chi connectivity index (χ3v) is 14.7. The first-order valence-corrected chi connectivity index (χ1v) is 17.2. The van der Waals surface area contributed by atoms with Gasteiger partial charge in [0.25, 0.3) is 0 Å². The molecular formula is C36H48OSi. The van der Waals surface area contributed by atoms with Crippen molar-refractivity contribution in [3.8, 4) is 16.9 Å². The fourth-order valence-corrected chi connectivity index (χ4v) is 11.3. The quantitative estimate of drug-likeness (QED) is 0.210. The van der Waals surface area contributed by atoms with Gasteiger partial charge in [0.1, 0.15) is 12.4 Å². The Bertz CT molecular complexity index is 1250. The normalized spacial score (nSPS) is 13.8. The zero-order valence-corrected chi connectivity index (χ0v) is 26.3. The van der Waals surface area contributed by atoms with E-state index in [1.807, 2.05) is 6.08 Å². The molecule has 3 aromatic carbocycles. The zero-order valence-electron chi connectivity index (χ0n) is 25.3. The van der Waals surface area contributed by atoms with Crippen LogP contribution in [0.1, 0.15) is 94.3 Å². The van der Waals surface area contributed by atoms with Gasteiger partial charge in [-0.3, -0.25) is 0 Å². The molecule has 0 aromatic heterocycles. The van der Waals surface area contributed by atoms with Crippen LogP contribution >= 0.6 is 0 Å². The van der Waals surface area contributed by atoms with Crippen LogP contribution in [0.4, 0.5) is 0 Å². The first-order valence-electron chi connectivity index (χ1n) is 14.5. The molecule has 0 saturated carbocycles. The van der Waals surface area contributed by atoms with Gasteiger partial charge in [0.2, 0.25) is 0 Å². The molecule has 1 nitrogen and oxygen atoms in total. The molecule has 0 spiro atoms. The maximum Gasteiger partial charge on any atom is 0.125 e. The van der Waals surface area contributed by atoms with E-state index in [1.54, 1.807) is 11.1 Å². The highest BCUT2D eigenvalue weighted by atomic mass is 28.3. The van der Waals surface area contributed by atoms with Crippen LogP contribution < -0.4 is 4.74 Å². The number of rotatable bonds is 8. The SMILES string of the molecule is C=CCOc1c(C)cccc1C[Si](CC)(CC)C1c2cc(C(C)(C)C)ccc2-c2ccc(C(C)(C)C)cc21. The van der Waals surface area contributed by atoms with Crippen molar-refractivity contribution in [3.05, 3.63) is 101 Å². The summed E-state index contributed by atoms with van der Waals surface area (Å²) in [4.78, 5) is 0. The molecule has 0 aliphatic heterocycles. The first-order chi connectivity index (χ1) is 17.9. The van der Waals surface area contributed by atoms with E-state index in [4.69, 9.17) is 4.74 Å². The summed E-state index contributed by atoms with van der Waals surface area (Å²) in [7, 11) is -1.92. The van der Waals surface area contributed by atoms with E-state index >= 15 is 0 Å². The second-order valence-corrected chi connectivity index (χ2v) is 18.5. The molecule has 1 aliphatic carbocycles. The maximum absolute atomic E-state index is 6.29. The predicted molar refractivity (Wildman–Crippen MR) is 168 cm³/mol. The van der Waals surface area contributed by atoms with Crippen molar-refractivity contribution >= 4 is 8.07 Å². The molecule has 0 amide bonds. The topological polar surface area (TPSA) is 9.23 Å². The standard InChI is InChI=1S/C36H48OSi/c1-11-21-37-33-25(4)15-14-16-26(33)24-38(12-2,13-3)34-31-22-27(35(5,6)7)17-19-29(31)30-20-18-28(23-32(30)34)36(8,9)10/h11,14-20,22-23,34H,1,12-13,21,24H2,2-10H3. The predicted octanol–water partition coefficient (Wildman–Crippen LogP) is 10.1. The molecule has 0 fully saturated rings. The van der Waals surface area contributed by atoms with Gasteiger partial charge in [-0.1, -0.05) is 135 Å². The van der Waals surface area contributed by atoms with Gasteiger partial charge in [0.05, 0.1) is 8.07 Å². The lowest BCUT2D eigenvalue weighted by Crippen LogP contribution is -2.43. The third kappa shape index (κ3) is 5.17. The summed E-state index contributed by atoms with van der Waals surface area (Å²) in [6.45, 7) is 25.5. The Morgan fingerprint density at radius 2 is 1.34 bits per heavy atom. The van der Waals surface area contributed by atoms with Gasteiger partial charge in [-0.15, -0.1) is 0 Å². The van der Waals surface area contributed by atoms with Gasteiger partial charge in [-0.25, -0.2) is 0 Å². The van der Waals surface area contributed by atoms with Crippen LogP contribution in [0.2, 0.25) is 12.1 Å². The summed E-state index contributed by atoms with van der Waals surface area (Å²) in [6, 6.07) is 25.0.